The van der Waals surface area contributed by atoms with Crippen molar-refractivity contribution in [1.29, 1.82) is 0 Å². The van der Waals surface area contributed by atoms with Crippen LogP contribution in [0.25, 0.3) is 0 Å². The van der Waals surface area contributed by atoms with E-state index in [2.05, 4.69) is 4.90 Å². The van der Waals surface area contributed by atoms with Gasteiger partial charge in [-0.2, -0.15) is 0 Å². The summed E-state index contributed by atoms with van der Waals surface area (Å²) in [5.74, 6) is 1.08. The van der Waals surface area contributed by atoms with Crippen LogP contribution >= 0.6 is 0 Å². The topological polar surface area (TPSA) is 29.3 Å². The molecule has 64 valence electrons. The van der Waals surface area contributed by atoms with E-state index in [1.54, 1.807) is 0 Å². The van der Waals surface area contributed by atoms with Crippen LogP contribution in [0.15, 0.2) is 0 Å². The van der Waals surface area contributed by atoms with Crippen LogP contribution in [0.4, 0.5) is 0 Å². The fourth-order valence-corrected chi connectivity index (χ4v) is 1.84. The maximum absolute atomic E-state index is 5.81. The third kappa shape index (κ3) is 2.17. The highest BCUT2D eigenvalue weighted by Gasteiger charge is 2.24. The lowest BCUT2D eigenvalue weighted by Crippen LogP contribution is -2.27. The van der Waals surface area contributed by atoms with E-state index >= 15 is 0 Å². The van der Waals surface area contributed by atoms with E-state index in [0.717, 1.165) is 12.5 Å². The molecule has 1 unspecified atom stereocenters. The fourth-order valence-electron chi connectivity index (χ4n) is 1.84. The van der Waals surface area contributed by atoms with E-state index in [1.807, 2.05) is 0 Å². The molecule has 2 N–H and O–H groups in total. The summed E-state index contributed by atoms with van der Waals surface area (Å²) in [4.78, 5) is 2.52. The van der Waals surface area contributed by atoms with E-state index in [-0.39, 0.29) is 0 Å². The molecule has 11 heavy (non-hydrogen) atoms. The Bertz CT molecular complexity index is 132. The Hall–Kier alpha value is -0.0800. The van der Waals surface area contributed by atoms with Crippen molar-refractivity contribution >= 4 is 0 Å². The zero-order valence-electron chi connectivity index (χ0n) is 7.13. The molecule has 1 heterocycles. The fraction of sp³-hybridized carbons (Fsp3) is 1.00. The normalized spacial score (nSPS) is 33.0. The molecule has 2 heteroatoms. The second-order valence-electron chi connectivity index (χ2n) is 4.08. The predicted octanol–water partition coefficient (Wildman–Crippen LogP) is 0.819. The Kier molecular flexibility index (Phi) is 2.14. The third-order valence-electron chi connectivity index (χ3n) is 2.86. The lowest BCUT2D eigenvalue weighted by Gasteiger charge is -2.13. The molecule has 0 bridgehead atoms. The van der Waals surface area contributed by atoms with Crippen molar-refractivity contribution in [3.05, 3.63) is 0 Å². The number of nitrogens with zero attached hydrogens (tertiary/aromatic N) is 1. The van der Waals surface area contributed by atoms with Gasteiger partial charge in [-0.1, -0.05) is 12.8 Å². The lowest BCUT2D eigenvalue weighted by atomic mass is 10.3. The Morgan fingerprint density at radius 1 is 1.27 bits per heavy atom. The molecule has 1 aliphatic heterocycles. The van der Waals surface area contributed by atoms with Crippen molar-refractivity contribution in [1.82, 2.24) is 4.90 Å². The first-order valence-electron chi connectivity index (χ1n) is 4.82. The van der Waals surface area contributed by atoms with Gasteiger partial charge in [0.1, 0.15) is 0 Å². The Morgan fingerprint density at radius 2 is 2.09 bits per heavy atom. The zero-order valence-corrected chi connectivity index (χ0v) is 7.13. The molecule has 0 aromatic rings. The zero-order chi connectivity index (χ0) is 7.68. The van der Waals surface area contributed by atoms with Crippen LogP contribution in [0.1, 0.15) is 25.7 Å². The van der Waals surface area contributed by atoms with Crippen LogP contribution in [0.5, 0.6) is 0 Å². The van der Waals surface area contributed by atoms with Crippen LogP contribution in [0, 0.1) is 5.92 Å². The minimum atomic E-state index is 0.467. The summed E-state index contributed by atoms with van der Waals surface area (Å²) >= 11 is 0. The predicted molar refractivity (Wildman–Crippen MR) is 46.4 cm³/mol. The quantitative estimate of drug-likeness (QED) is 0.652. The lowest BCUT2D eigenvalue weighted by molar-refractivity contribution is 0.322. The van der Waals surface area contributed by atoms with Gasteiger partial charge in [-0.25, -0.2) is 0 Å². The Balaban J connectivity index is 1.62. The van der Waals surface area contributed by atoms with E-state index in [4.69, 9.17) is 5.73 Å². The highest BCUT2D eigenvalue weighted by Crippen LogP contribution is 2.32. The molecule has 1 saturated carbocycles. The largest absolute Gasteiger partial charge is 0.326 e. The molecule has 2 rings (SSSR count). The number of hydrogen-bond donors (Lipinski definition) is 1. The maximum Gasteiger partial charge on any atom is 0.0180 e. The maximum atomic E-state index is 5.81. The molecule has 0 spiro atoms. The van der Waals surface area contributed by atoms with Gasteiger partial charge in [-0.15, -0.1) is 0 Å². The smallest absolute Gasteiger partial charge is 0.0180 e. The van der Waals surface area contributed by atoms with Crippen LogP contribution in [-0.4, -0.2) is 30.6 Å². The first kappa shape index (κ1) is 7.56. The molecule has 2 aliphatic rings. The number of likely N-dealkylation sites (tertiary alicyclic amines) is 1. The minimum absolute atomic E-state index is 0.467. The molecule has 2 fully saturated rings. The van der Waals surface area contributed by atoms with E-state index < -0.39 is 0 Å². The van der Waals surface area contributed by atoms with Crippen LogP contribution in [0.3, 0.4) is 0 Å². The first-order valence-corrected chi connectivity index (χ1v) is 4.82. The van der Waals surface area contributed by atoms with Crippen molar-refractivity contribution in [2.75, 3.05) is 19.6 Å². The van der Waals surface area contributed by atoms with E-state index in [1.165, 1.54) is 38.8 Å². The summed E-state index contributed by atoms with van der Waals surface area (Å²) in [6.07, 6.45) is 5.61. The van der Waals surface area contributed by atoms with Crippen molar-refractivity contribution < 1.29 is 0 Å². The Labute approximate surface area is 68.7 Å². The summed E-state index contributed by atoms with van der Waals surface area (Å²) in [5, 5.41) is 0. The van der Waals surface area contributed by atoms with Gasteiger partial charge in [0.15, 0.2) is 0 Å². The van der Waals surface area contributed by atoms with Gasteiger partial charge in [0, 0.05) is 12.6 Å². The monoisotopic (exact) mass is 154 g/mol. The van der Waals surface area contributed by atoms with Gasteiger partial charge < -0.3 is 10.6 Å². The SMILES string of the molecule is NC1CCN(CCC2CC2)C1. The Morgan fingerprint density at radius 3 is 2.64 bits per heavy atom. The molecular formula is C9H18N2. The second-order valence-corrected chi connectivity index (χ2v) is 4.08. The van der Waals surface area contributed by atoms with Gasteiger partial charge in [0.2, 0.25) is 0 Å². The summed E-state index contributed by atoms with van der Waals surface area (Å²) in [5.41, 5.74) is 5.81. The van der Waals surface area contributed by atoms with E-state index in [0.29, 0.717) is 6.04 Å². The van der Waals surface area contributed by atoms with Gasteiger partial charge >= 0.3 is 0 Å². The van der Waals surface area contributed by atoms with Crippen LogP contribution in [-0.2, 0) is 0 Å². The van der Waals surface area contributed by atoms with Crippen LogP contribution in [0.2, 0.25) is 0 Å². The molecule has 1 saturated heterocycles. The molecule has 0 amide bonds. The van der Waals surface area contributed by atoms with E-state index in [9.17, 15) is 0 Å². The summed E-state index contributed by atoms with van der Waals surface area (Å²) in [6, 6.07) is 0.467. The average Bonchev–Trinajstić information content (AvgIpc) is 2.72. The molecule has 0 radical (unpaired) electrons. The van der Waals surface area contributed by atoms with Gasteiger partial charge in [0.25, 0.3) is 0 Å². The highest BCUT2D eigenvalue weighted by atomic mass is 15.2. The van der Waals surface area contributed by atoms with Crippen molar-refractivity contribution in [2.45, 2.75) is 31.7 Å². The van der Waals surface area contributed by atoms with Gasteiger partial charge in [0.05, 0.1) is 0 Å². The van der Waals surface area contributed by atoms with Crippen LogP contribution < -0.4 is 5.73 Å². The molecule has 0 aromatic heterocycles. The van der Waals surface area contributed by atoms with Gasteiger partial charge in [-0.05, 0) is 31.8 Å². The van der Waals surface area contributed by atoms with Crippen molar-refractivity contribution in [3.8, 4) is 0 Å². The van der Waals surface area contributed by atoms with Crippen molar-refractivity contribution in [2.24, 2.45) is 11.7 Å². The molecule has 0 aromatic carbocycles. The average molecular weight is 154 g/mol. The summed E-state index contributed by atoms with van der Waals surface area (Å²) in [6.45, 7) is 3.69. The first-order chi connectivity index (χ1) is 5.34. The molecule has 2 nitrogen and oxygen atoms in total. The third-order valence-corrected chi connectivity index (χ3v) is 2.86. The number of rotatable bonds is 3. The highest BCUT2D eigenvalue weighted by molar-refractivity contribution is 4.80. The minimum Gasteiger partial charge on any atom is -0.326 e. The second kappa shape index (κ2) is 3.11. The molecular weight excluding hydrogens is 136 g/mol. The molecule has 1 atom stereocenters. The van der Waals surface area contributed by atoms with Gasteiger partial charge in [-0.3, -0.25) is 0 Å². The number of hydrogen-bond acceptors (Lipinski definition) is 2. The molecule has 1 aliphatic carbocycles. The number of nitrogens with two attached hydrogens (primary N) is 1. The van der Waals surface area contributed by atoms with Crippen molar-refractivity contribution in [3.63, 3.8) is 0 Å². The summed E-state index contributed by atoms with van der Waals surface area (Å²) < 4.78 is 0. The summed E-state index contributed by atoms with van der Waals surface area (Å²) in [7, 11) is 0. The standard InChI is InChI=1S/C9H18N2/c10-9-4-6-11(7-9)5-3-8-1-2-8/h8-9H,1-7,10H2.